The lowest BCUT2D eigenvalue weighted by atomic mass is 9.98. The number of hydrogen-bond acceptors (Lipinski definition) is 8. The van der Waals surface area contributed by atoms with Crippen LogP contribution in [0.4, 0.5) is 11.4 Å². The fourth-order valence-corrected chi connectivity index (χ4v) is 7.99. The Balaban J connectivity index is 0.00000145. The topological polar surface area (TPSA) is 87.7 Å². The van der Waals surface area contributed by atoms with Gasteiger partial charge in [0.2, 0.25) is 0 Å². The third-order valence-corrected chi connectivity index (χ3v) is 10.4. The predicted octanol–water partition coefficient (Wildman–Crippen LogP) is 8.44. The Morgan fingerprint density at radius 1 is 0.852 bits per heavy atom. The molecule has 2 aromatic heterocycles. The number of aromatic amines is 1. The largest absolute Gasteiger partial charge is 0.493 e. The second kappa shape index (κ2) is 17.5. The molecule has 282 valence electrons. The first-order chi connectivity index (χ1) is 26.5. The van der Waals surface area contributed by atoms with Crippen molar-refractivity contribution in [2.24, 2.45) is 0 Å². The summed E-state index contributed by atoms with van der Waals surface area (Å²) in [6.07, 6.45) is 2.30. The number of H-pyrrole nitrogens is 1. The predicted molar refractivity (Wildman–Crippen MR) is 225 cm³/mol. The summed E-state index contributed by atoms with van der Waals surface area (Å²) in [5.41, 5.74) is 9.39. The summed E-state index contributed by atoms with van der Waals surface area (Å²) >= 11 is 3.79. The molecule has 0 radical (unpaired) electrons. The number of aromatic nitrogens is 3. The van der Waals surface area contributed by atoms with Crippen LogP contribution in [-0.2, 0) is 24.2 Å². The summed E-state index contributed by atoms with van der Waals surface area (Å²) in [5.74, 6) is 1.55. The van der Waals surface area contributed by atoms with Crippen LogP contribution in [-0.4, -0.2) is 72.4 Å². The number of aryl methyl sites for hydroxylation is 3. The summed E-state index contributed by atoms with van der Waals surface area (Å²) in [6, 6.07) is 29.9. The number of ether oxygens (including phenoxy) is 2. The Hall–Kier alpha value is -4.93. The number of carbonyl (C=O) groups is 1. The van der Waals surface area contributed by atoms with E-state index in [0.29, 0.717) is 38.4 Å². The van der Waals surface area contributed by atoms with E-state index in [4.69, 9.17) is 14.6 Å². The SMILES string of the molecule is CCOC(=O)c1c(CCCOc2cccc3ccccc23)c2cccc3c2n1CCCN(c1ccc(N2CCNCC2)cc1)Cc1n[nH]c(C)c1-3.CCS. The Labute approximate surface area is 324 Å². The summed E-state index contributed by atoms with van der Waals surface area (Å²) in [6.45, 7) is 13.1. The van der Waals surface area contributed by atoms with Crippen molar-refractivity contribution in [2.75, 3.05) is 61.5 Å². The van der Waals surface area contributed by atoms with Crippen LogP contribution in [0.15, 0.2) is 84.9 Å². The highest BCUT2D eigenvalue weighted by atomic mass is 32.1. The Morgan fingerprint density at radius 2 is 1.56 bits per heavy atom. The van der Waals surface area contributed by atoms with Gasteiger partial charge in [-0.1, -0.05) is 61.5 Å². The van der Waals surface area contributed by atoms with Gasteiger partial charge in [-0.3, -0.25) is 5.10 Å². The number of piperazine rings is 1. The zero-order valence-electron chi connectivity index (χ0n) is 31.7. The molecule has 6 aromatic rings. The summed E-state index contributed by atoms with van der Waals surface area (Å²) in [4.78, 5) is 18.8. The molecular formula is C44H52N6O3S. The van der Waals surface area contributed by atoms with E-state index in [1.807, 2.05) is 38.1 Å². The molecule has 9 nitrogen and oxygen atoms in total. The number of rotatable bonds is 9. The minimum atomic E-state index is -0.272. The summed E-state index contributed by atoms with van der Waals surface area (Å²) < 4.78 is 14.3. The number of anilines is 2. The van der Waals surface area contributed by atoms with E-state index in [1.54, 1.807) is 0 Å². The lowest BCUT2D eigenvalue weighted by molar-refractivity contribution is 0.0512. The first kappa shape index (κ1) is 37.4. The van der Waals surface area contributed by atoms with Crippen LogP contribution in [0.2, 0.25) is 0 Å². The lowest BCUT2D eigenvalue weighted by Gasteiger charge is -2.30. The van der Waals surface area contributed by atoms with Gasteiger partial charge in [0, 0.05) is 78.2 Å². The maximum atomic E-state index is 13.9. The second-order valence-corrected chi connectivity index (χ2v) is 14.5. The fraction of sp³-hybridized carbons (Fsp3) is 0.364. The molecule has 10 heteroatoms. The van der Waals surface area contributed by atoms with Crippen LogP contribution in [0.5, 0.6) is 5.75 Å². The average Bonchev–Trinajstić information content (AvgIpc) is 3.73. The van der Waals surface area contributed by atoms with Gasteiger partial charge in [-0.25, -0.2) is 4.79 Å². The molecule has 2 N–H and O–H groups in total. The first-order valence-corrected chi connectivity index (χ1v) is 20.0. The maximum Gasteiger partial charge on any atom is 0.355 e. The fourth-order valence-electron chi connectivity index (χ4n) is 7.99. The molecule has 0 saturated carbocycles. The number of esters is 1. The van der Waals surface area contributed by atoms with Crippen molar-refractivity contribution in [1.29, 1.82) is 0 Å². The van der Waals surface area contributed by atoms with Crippen molar-refractivity contribution in [1.82, 2.24) is 20.1 Å². The van der Waals surface area contributed by atoms with Crippen LogP contribution in [0.1, 0.15) is 54.1 Å². The Morgan fingerprint density at radius 3 is 2.33 bits per heavy atom. The van der Waals surface area contributed by atoms with E-state index < -0.39 is 0 Å². The highest BCUT2D eigenvalue weighted by Gasteiger charge is 2.28. The number of fused-ring (bicyclic) bond motifs is 3. The number of carbonyl (C=O) groups excluding carboxylic acids is 1. The molecule has 0 atom stereocenters. The van der Waals surface area contributed by atoms with E-state index in [1.165, 1.54) is 11.4 Å². The molecule has 54 heavy (non-hydrogen) atoms. The molecule has 0 spiro atoms. The van der Waals surface area contributed by atoms with E-state index in [-0.39, 0.29) is 5.97 Å². The lowest BCUT2D eigenvalue weighted by Crippen LogP contribution is -2.43. The molecule has 8 rings (SSSR count). The molecule has 2 aliphatic rings. The van der Waals surface area contributed by atoms with Crippen LogP contribution in [0.3, 0.4) is 0 Å². The second-order valence-electron chi connectivity index (χ2n) is 13.8. The summed E-state index contributed by atoms with van der Waals surface area (Å²) in [5, 5.41) is 15.0. The normalized spacial score (nSPS) is 14.4. The van der Waals surface area contributed by atoms with Crippen LogP contribution >= 0.6 is 12.6 Å². The van der Waals surface area contributed by atoms with E-state index in [2.05, 4.69) is 105 Å². The van der Waals surface area contributed by atoms with E-state index in [9.17, 15) is 4.79 Å². The molecule has 4 aromatic carbocycles. The number of thiol groups is 1. The van der Waals surface area contributed by atoms with Crippen molar-refractivity contribution in [3.05, 3.63) is 108 Å². The molecule has 0 bridgehead atoms. The van der Waals surface area contributed by atoms with E-state index in [0.717, 1.165) is 107 Å². The van der Waals surface area contributed by atoms with E-state index >= 15 is 0 Å². The molecule has 4 heterocycles. The van der Waals surface area contributed by atoms with Gasteiger partial charge in [-0.2, -0.15) is 17.7 Å². The zero-order chi connectivity index (χ0) is 37.4. The third kappa shape index (κ3) is 7.81. The van der Waals surface area contributed by atoms with Crippen LogP contribution in [0.25, 0.3) is 32.8 Å². The van der Waals surface area contributed by atoms with Gasteiger partial charge in [0.1, 0.15) is 11.4 Å². The smallest absolute Gasteiger partial charge is 0.355 e. The van der Waals surface area contributed by atoms with Crippen molar-refractivity contribution < 1.29 is 14.3 Å². The molecule has 1 fully saturated rings. The molecule has 0 unspecified atom stereocenters. The first-order valence-electron chi connectivity index (χ1n) is 19.4. The number of nitrogens with one attached hydrogen (secondary N) is 2. The molecule has 0 amide bonds. The number of nitrogens with zero attached hydrogens (tertiary/aromatic N) is 4. The van der Waals surface area contributed by atoms with Gasteiger partial charge >= 0.3 is 5.97 Å². The van der Waals surface area contributed by atoms with Crippen molar-refractivity contribution >= 4 is 51.6 Å². The zero-order valence-corrected chi connectivity index (χ0v) is 32.6. The van der Waals surface area contributed by atoms with Gasteiger partial charge in [0.25, 0.3) is 0 Å². The minimum absolute atomic E-state index is 0.272. The van der Waals surface area contributed by atoms with Crippen LogP contribution in [0, 0.1) is 6.92 Å². The highest BCUT2D eigenvalue weighted by Crippen LogP contribution is 2.39. The average molecular weight is 745 g/mol. The highest BCUT2D eigenvalue weighted by molar-refractivity contribution is 7.80. The van der Waals surface area contributed by atoms with Crippen molar-refractivity contribution in [3.63, 3.8) is 0 Å². The van der Waals surface area contributed by atoms with Gasteiger partial charge in [-0.15, -0.1) is 0 Å². The monoisotopic (exact) mass is 744 g/mol. The minimum Gasteiger partial charge on any atom is -0.493 e. The van der Waals surface area contributed by atoms with Crippen molar-refractivity contribution in [2.45, 2.75) is 53.1 Å². The molecule has 2 aliphatic heterocycles. The van der Waals surface area contributed by atoms with Crippen LogP contribution < -0.4 is 19.9 Å². The standard InChI is InChI=1S/C42H46N6O3.C2H6S/c1-3-50-42(49)41-35(15-8-27-51-38-16-6-11-30-10-4-5-12-33(30)38)34-13-7-14-36-39-29(2)44-45-37(39)28-47(23-9-24-48(41)40(34)36)32-19-17-31(18-20-32)46-25-21-43-22-26-46;1-2-3/h4-7,10-14,16-20,43H,3,8-9,15,21-28H2,1-2H3,(H,44,45);3H,2H2,1H3. The Kier molecular flexibility index (Phi) is 12.1. The quantitative estimate of drug-likeness (QED) is 0.0779. The summed E-state index contributed by atoms with van der Waals surface area (Å²) in [7, 11) is 0. The Bertz CT molecular complexity index is 2180. The number of benzene rings is 4. The third-order valence-electron chi connectivity index (χ3n) is 10.4. The number of para-hydroxylation sites is 1. The molecular weight excluding hydrogens is 693 g/mol. The maximum absolute atomic E-state index is 13.9. The molecule has 0 aliphatic carbocycles. The molecule has 1 saturated heterocycles. The van der Waals surface area contributed by atoms with Crippen molar-refractivity contribution in [3.8, 4) is 16.9 Å². The number of hydrogen-bond donors (Lipinski definition) is 3. The van der Waals surface area contributed by atoms with Gasteiger partial charge in [-0.05, 0) is 80.1 Å². The van der Waals surface area contributed by atoms with Gasteiger partial charge in [0.05, 0.1) is 31.0 Å². The van der Waals surface area contributed by atoms with Gasteiger partial charge in [0.15, 0.2) is 0 Å². The van der Waals surface area contributed by atoms with Gasteiger partial charge < -0.3 is 29.2 Å².